The van der Waals surface area contributed by atoms with Crippen LogP contribution in [0.3, 0.4) is 0 Å². The fraction of sp³-hybridized carbons (Fsp3) is 0.320. The van der Waals surface area contributed by atoms with E-state index in [-0.39, 0.29) is 11.9 Å². The summed E-state index contributed by atoms with van der Waals surface area (Å²) in [7, 11) is 0. The van der Waals surface area contributed by atoms with Crippen LogP contribution in [0.1, 0.15) is 42.8 Å². The van der Waals surface area contributed by atoms with Gasteiger partial charge in [-0.05, 0) is 56.6 Å². The molecule has 33 heavy (non-hydrogen) atoms. The van der Waals surface area contributed by atoms with Gasteiger partial charge in [-0.2, -0.15) is 4.98 Å². The van der Waals surface area contributed by atoms with E-state index in [2.05, 4.69) is 10.5 Å². The lowest BCUT2D eigenvalue weighted by Crippen LogP contribution is -2.48. The minimum absolute atomic E-state index is 0.109. The Morgan fingerprint density at radius 3 is 2.73 bits per heavy atom. The van der Waals surface area contributed by atoms with Crippen LogP contribution in [0.15, 0.2) is 58.8 Å². The van der Waals surface area contributed by atoms with E-state index in [9.17, 15) is 4.39 Å². The van der Waals surface area contributed by atoms with Crippen molar-refractivity contribution in [3.8, 4) is 11.4 Å². The smallest absolute Gasteiger partial charge is 0.258 e. The second-order valence-electron chi connectivity index (χ2n) is 8.47. The van der Waals surface area contributed by atoms with Crippen molar-refractivity contribution < 1.29 is 13.7 Å². The summed E-state index contributed by atoms with van der Waals surface area (Å²) in [5, 5.41) is 8.16. The summed E-state index contributed by atoms with van der Waals surface area (Å²) in [5.74, 6) is 0.566. The van der Waals surface area contributed by atoms with Crippen LogP contribution in [0.5, 0.6) is 0 Å². The molecule has 0 bridgehead atoms. The van der Waals surface area contributed by atoms with Gasteiger partial charge in [0.2, 0.25) is 5.82 Å². The van der Waals surface area contributed by atoms with Crippen molar-refractivity contribution in [3.63, 3.8) is 0 Å². The third-order valence-electron chi connectivity index (χ3n) is 6.15. The molecule has 0 spiro atoms. The minimum atomic E-state index is -0.416. The summed E-state index contributed by atoms with van der Waals surface area (Å²) in [5.41, 5.74) is 4.42. The molecule has 2 unspecified atom stereocenters. The Morgan fingerprint density at radius 1 is 1.18 bits per heavy atom. The van der Waals surface area contributed by atoms with Gasteiger partial charge in [-0.1, -0.05) is 47.1 Å². The van der Waals surface area contributed by atoms with Crippen LogP contribution < -0.4 is 5.32 Å². The summed E-state index contributed by atoms with van der Waals surface area (Å²) in [6, 6.07) is 14.0. The molecule has 3 heterocycles. The summed E-state index contributed by atoms with van der Waals surface area (Å²) in [6.07, 6.45) is 2.15. The van der Waals surface area contributed by atoms with Crippen LogP contribution in [0, 0.1) is 12.7 Å². The lowest BCUT2D eigenvalue weighted by atomic mass is 9.94. The number of aryl methyl sites for hydroxylation is 1. The van der Waals surface area contributed by atoms with E-state index in [0.29, 0.717) is 23.4 Å². The number of ether oxygens (including phenoxy) is 1. The maximum atomic E-state index is 14.1. The van der Waals surface area contributed by atoms with E-state index in [1.54, 1.807) is 6.07 Å². The summed E-state index contributed by atoms with van der Waals surface area (Å²) >= 11 is 5.71. The number of aromatic nitrogens is 2. The van der Waals surface area contributed by atoms with Crippen LogP contribution in [-0.2, 0) is 4.74 Å². The zero-order chi connectivity index (χ0) is 22.9. The normalized spacial score (nSPS) is 20.9. The van der Waals surface area contributed by atoms with E-state index in [4.69, 9.17) is 26.5 Å². The summed E-state index contributed by atoms with van der Waals surface area (Å²) < 4.78 is 25.7. The third kappa shape index (κ3) is 4.41. The average Bonchev–Trinajstić information content (AvgIpc) is 3.49. The number of nitrogens with zero attached hydrogens (tertiary/aromatic N) is 3. The molecule has 0 amide bonds. The standard InChI is InChI=1S/C25H25FN4O2S/c1-15-8-10-17(11-9-15)23-28-24(32-29-23)21-16(2)30(14-20-7-4-12-31-20)25(33)27-22(21)18-5-3-6-19(26)13-18/h3,5-6,8-11,13,20,22H,4,7,12,14H2,1-2H3,(H,27,33). The van der Waals surface area contributed by atoms with Gasteiger partial charge in [0.1, 0.15) is 5.82 Å². The molecule has 1 fully saturated rings. The van der Waals surface area contributed by atoms with Crippen molar-refractivity contribution in [1.29, 1.82) is 0 Å². The molecule has 2 aliphatic rings. The number of allylic oxidation sites excluding steroid dienone is 1. The fourth-order valence-corrected chi connectivity index (χ4v) is 4.69. The van der Waals surface area contributed by atoms with E-state index in [1.807, 2.05) is 49.1 Å². The Morgan fingerprint density at radius 2 is 2.00 bits per heavy atom. The second kappa shape index (κ2) is 9.03. The first-order valence-electron chi connectivity index (χ1n) is 11.1. The van der Waals surface area contributed by atoms with E-state index in [1.165, 1.54) is 12.1 Å². The van der Waals surface area contributed by atoms with Crippen molar-refractivity contribution in [2.75, 3.05) is 13.2 Å². The first-order chi connectivity index (χ1) is 16.0. The minimum Gasteiger partial charge on any atom is -0.376 e. The zero-order valence-electron chi connectivity index (χ0n) is 18.5. The monoisotopic (exact) mass is 464 g/mol. The molecular weight excluding hydrogens is 439 g/mol. The highest BCUT2D eigenvalue weighted by Gasteiger charge is 2.35. The van der Waals surface area contributed by atoms with Crippen LogP contribution in [0.2, 0.25) is 0 Å². The largest absolute Gasteiger partial charge is 0.376 e. The number of rotatable bonds is 5. The highest BCUT2D eigenvalue weighted by Crippen LogP contribution is 2.38. The summed E-state index contributed by atoms with van der Waals surface area (Å²) in [6.45, 7) is 5.42. The molecule has 8 heteroatoms. The van der Waals surface area contributed by atoms with E-state index >= 15 is 0 Å². The third-order valence-corrected chi connectivity index (χ3v) is 6.49. The molecular formula is C25H25FN4O2S. The predicted octanol–water partition coefficient (Wildman–Crippen LogP) is 5.03. The molecule has 1 N–H and O–H groups in total. The van der Waals surface area contributed by atoms with Gasteiger partial charge in [0.05, 0.1) is 24.3 Å². The predicted molar refractivity (Wildman–Crippen MR) is 128 cm³/mol. The van der Waals surface area contributed by atoms with Crippen molar-refractivity contribution in [2.45, 2.75) is 38.8 Å². The zero-order valence-corrected chi connectivity index (χ0v) is 19.4. The van der Waals surface area contributed by atoms with Gasteiger partial charge in [0.25, 0.3) is 5.89 Å². The van der Waals surface area contributed by atoms with Crippen molar-refractivity contribution in [1.82, 2.24) is 20.4 Å². The van der Waals surface area contributed by atoms with Gasteiger partial charge in [-0.3, -0.25) is 0 Å². The van der Waals surface area contributed by atoms with Gasteiger partial charge in [-0.15, -0.1) is 0 Å². The maximum Gasteiger partial charge on any atom is 0.258 e. The molecule has 2 aromatic carbocycles. The molecule has 6 nitrogen and oxygen atoms in total. The first kappa shape index (κ1) is 21.7. The number of benzene rings is 2. The van der Waals surface area contributed by atoms with Gasteiger partial charge >= 0.3 is 0 Å². The van der Waals surface area contributed by atoms with Crippen LogP contribution in [0.25, 0.3) is 17.0 Å². The lowest BCUT2D eigenvalue weighted by molar-refractivity contribution is 0.0962. The van der Waals surface area contributed by atoms with Crippen LogP contribution >= 0.6 is 12.2 Å². The van der Waals surface area contributed by atoms with Gasteiger partial charge in [0.15, 0.2) is 5.11 Å². The van der Waals surface area contributed by atoms with Crippen molar-refractivity contribution in [3.05, 3.63) is 77.1 Å². The molecule has 0 radical (unpaired) electrons. The fourth-order valence-electron chi connectivity index (χ4n) is 4.36. The van der Waals surface area contributed by atoms with E-state index < -0.39 is 6.04 Å². The lowest BCUT2D eigenvalue weighted by Gasteiger charge is -2.38. The Bertz CT molecular complexity index is 1200. The molecule has 5 rings (SSSR count). The molecule has 2 aliphatic heterocycles. The van der Waals surface area contributed by atoms with Crippen LogP contribution in [0.4, 0.5) is 4.39 Å². The molecule has 1 aromatic heterocycles. The highest BCUT2D eigenvalue weighted by molar-refractivity contribution is 7.80. The quantitative estimate of drug-likeness (QED) is 0.532. The Kier molecular flexibility index (Phi) is 5.95. The summed E-state index contributed by atoms with van der Waals surface area (Å²) in [4.78, 5) is 6.72. The number of halogens is 1. The molecule has 1 saturated heterocycles. The maximum absolute atomic E-state index is 14.1. The van der Waals surface area contributed by atoms with Gasteiger partial charge in [-0.25, -0.2) is 4.39 Å². The highest BCUT2D eigenvalue weighted by atomic mass is 32.1. The second-order valence-corrected chi connectivity index (χ2v) is 8.86. The number of nitrogens with one attached hydrogen (secondary N) is 1. The molecule has 0 saturated carbocycles. The van der Waals surface area contributed by atoms with Crippen molar-refractivity contribution in [2.24, 2.45) is 0 Å². The Balaban J connectivity index is 1.57. The average molecular weight is 465 g/mol. The SMILES string of the molecule is CC1=C(c2nc(-c3ccc(C)cc3)no2)C(c2cccc(F)c2)NC(=S)N1CC1CCCO1. The molecule has 2 atom stereocenters. The topological polar surface area (TPSA) is 63.4 Å². The molecule has 170 valence electrons. The van der Waals surface area contributed by atoms with Crippen molar-refractivity contribution >= 4 is 22.9 Å². The molecule has 3 aromatic rings. The first-order valence-corrected chi connectivity index (χ1v) is 11.5. The number of hydrogen-bond donors (Lipinski definition) is 1. The Labute approximate surface area is 197 Å². The Hall–Kier alpha value is -3.10. The number of thiocarbonyl (C=S) groups is 1. The van der Waals surface area contributed by atoms with E-state index in [0.717, 1.165) is 47.4 Å². The van der Waals surface area contributed by atoms with Gasteiger partial charge in [0, 0.05) is 17.9 Å². The van der Waals surface area contributed by atoms with Gasteiger partial charge < -0.3 is 19.5 Å². The van der Waals surface area contributed by atoms with Crippen LogP contribution in [-0.4, -0.2) is 39.4 Å². The number of hydrogen-bond acceptors (Lipinski definition) is 5. The molecule has 0 aliphatic carbocycles.